The summed E-state index contributed by atoms with van der Waals surface area (Å²) in [5.74, 6) is -0.212. The lowest BCUT2D eigenvalue weighted by Crippen LogP contribution is -2.17. The Bertz CT molecular complexity index is 536. The van der Waals surface area contributed by atoms with Crippen LogP contribution in [0.25, 0.3) is 0 Å². The van der Waals surface area contributed by atoms with Crippen LogP contribution in [0.5, 0.6) is 5.75 Å². The maximum Gasteiger partial charge on any atom is 0.573 e. The minimum Gasteiger partial charge on any atom is -0.406 e. The molecule has 2 aromatic rings. The van der Waals surface area contributed by atoms with Gasteiger partial charge in [-0.25, -0.2) is 0 Å². The molecule has 0 N–H and O–H groups in total. The molecule has 2 rings (SSSR count). The molecule has 21 heavy (non-hydrogen) atoms. The monoisotopic (exact) mass is 296 g/mol. The molecule has 0 heterocycles. The summed E-state index contributed by atoms with van der Waals surface area (Å²) in [6, 6.07) is 15.6. The van der Waals surface area contributed by atoms with Crippen molar-refractivity contribution < 1.29 is 22.6 Å². The molecule has 2 aromatic carbocycles. The van der Waals surface area contributed by atoms with E-state index < -0.39 is 6.36 Å². The third kappa shape index (κ3) is 5.87. The van der Waals surface area contributed by atoms with Gasteiger partial charge in [0, 0.05) is 0 Å². The van der Waals surface area contributed by atoms with E-state index in [1.807, 2.05) is 30.3 Å². The van der Waals surface area contributed by atoms with Gasteiger partial charge in [-0.3, -0.25) is 0 Å². The SMILES string of the molecule is FC(F)(F)Oc1ccc(CCOCc2ccccc2)cc1. The van der Waals surface area contributed by atoms with Crippen LogP contribution in [0, 0.1) is 0 Å². The van der Waals surface area contributed by atoms with Crippen LogP contribution in [0.4, 0.5) is 13.2 Å². The number of benzene rings is 2. The van der Waals surface area contributed by atoms with Gasteiger partial charge < -0.3 is 9.47 Å². The minimum absolute atomic E-state index is 0.212. The third-order valence-corrected chi connectivity index (χ3v) is 2.80. The van der Waals surface area contributed by atoms with E-state index in [4.69, 9.17) is 4.74 Å². The molecular weight excluding hydrogens is 281 g/mol. The summed E-state index contributed by atoms with van der Waals surface area (Å²) in [6.45, 7) is 1.03. The predicted octanol–water partition coefficient (Wildman–Crippen LogP) is 4.34. The number of ether oxygens (including phenoxy) is 2. The highest BCUT2D eigenvalue weighted by Gasteiger charge is 2.30. The van der Waals surface area contributed by atoms with Crippen molar-refractivity contribution in [3.63, 3.8) is 0 Å². The van der Waals surface area contributed by atoms with Crippen LogP contribution in [-0.2, 0) is 17.8 Å². The number of alkyl halides is 3. The molecule has 0 radical (unpaired) electrons. The molecule has 0 saturated carbocycles. The molecule has 0 aliphatic carbocycles. The van der Waals surface area contributed by atoms with Crippen molar-refractivity contribution >= 4 is 0 Å². The average molecular weight is 296 g/mol. The third-order valence-electron chi connectivity index (χ3n) is 2.80. The van der Waals surface area contributed by atoms with E-state index in [9.17, 15) is 13.2 Å². The van der Waals surface area contributed by atoms with Gasteiger partial charge in [0.15, 0.2) is 0 Å². The maximum absolute atomic E-state index is 12.0. The lowest BCUT2D eigenvalue weighted by atomic mass is 10.1. The van der Waals surface area contributed by atoms with Crippen LogP contribution < -0.4 is 4.74 Å². The van der Waals surface area contributed by atoms with E-state index in [2.05, 4.69) is 4.74 Å². The van der Waals surface area contributed by atoms with Crippen LogP contribution in [0.15, 0.2) is 54.6 Å². The maximum atomic E-state index is 12.0. The number of rotatable bonds is 6. The Morgan fingerprint density at radius 2 is 1.48 bits per heavy atom. The van der Waals surface area contributed by atoms with Crippen LogP contribution >= 0.6 is 0 Å². The zero-order valence-corrected chi connectivity index (χ0v) is 11.3. The minimum atomic E-state index is -4.65. The number of hydrogen-bond donors (Lipinski definition) is 0. The fourth-order valence-corrected chi connectivity index (χ4v) is 1.81. The summed E-state index contributed by atoms with van der Waals surface area (Å²) in [7, 11) is 0. The predicted molar refractivity (Wildman–Crippen MR) is 72.9 cm³/mol. The normalized spacial score (nSPS) is 11.4. The molecule has 0 amide bonds. The quantitative estimate of drug-likeness (QED) is 0.738. The topological polar surface area (TPSA) is 18.5 Å². The fraction of sp³-hybridized carbons (Fsp3) is 0.250. The van der Waals surface area contributed by atoms with Gasteiger partial charge in [-0.15, -0.1) is 13.2 Å². The van der Waals surface area contributed by atoms with Gasteiger partial charge in [0.05, 0.1) is 13.2 Å². The van der Waals surface area contributed by atoms with Crippen molar-refractivity contribution in [1.29, 1.82) is 0 Å². The van der Waals surface area contributed by atoms with E-state index in [-0.39, 0.29) is 5.75 Å². The van der Waals surface area contributed by atoms with Crippen LogP contribution in [-0.4, -0.2) is 13.0 Å². The summed E-state index contributed by atoms with van der Waals surface area (Å²) >= 11 is 0. The fourth-order valence-electron chi connectivity index (χ4n) is 1.81. The average Bonchev–Trinajstić information content (AvgIpc) is 2.45. The lowest BCUT2D eigenvalue weighted by Gasteiger charge is -2.09. The van der Waals surface area contributed by atoms with Crippen molar-refractivity contribution in [1.82, 2.24) is 0 Å². The molecule has 0 saturated heterocycles. The summed E-state index contributed by atoms with van der Waals surface area (Å²) < 4.78 is 45.4. The first-order valence-corrected chi connectivity index (χ1v) is 6.49. The summed E-state index contributed by atoms with van der Waals surface area (Å²) in [5, 5.41) is 0. The lowest BCUT2D eigenvalue weighted by molar-refractivity contribution is -0.274. The van der Waals surface area contributed by atoms with Crippen molar-refractivity contribution in [2.45, 2.75) is 19.4 Å². The molecule has 0 unspecified atom stereocenters. The molecule has 112 valence electrons. The van der Waals surface area contributed by atoms with Gasteiger partial charge in [0.25, 0.3) is 0 Å². The number of hydrogen-bond acceptors (Lipinski definition) is 2. The zero-order chi connectivity index (χ0) is 15.1. The van der Waals surface area contributed by atoms with Gasteiger partial charge in [0.1, 0.15) is 5.75 Å². The summed E-state index contributed by atoms with van der Waals surface area (Å²) in [6.07, 6.45) is -4.01. The highest BCUT2D eigenvalue weighted by atomic mass is 19.4. The zero-order valence-electron chi connectivity index (χ0n) is 11.3. The molecule has 2 nitrogen and oxygen atoms in total. The van der Waals surface area contributed by atoms with Crippen molar-refractivity contribution in [3.05, 3.63) is 65.7 Å². The van der Waals surface area contributed by atoms with Crippen LogP contribution in [0.3, 0.4) is 0 Å². The van der Waals surface area contributed by atoms with Crippen molar-refractivity contribution in [2.75, 3.05) is 6.61 Å². The van der Waals surface area contributed by atoms with E-state index >= 15 is 0 Å². The summed E-state index contributed by atoms with van der Waals surface area (Å²) in [5.41, 5.74) is 1.99. The van der Waals surface area contributed by atoms with Crippen molar-refractivity contribution in [3.8, 4) is 5.75 Å². The highest BCUT2D eigenvalue weighted by Crippen LogP contribution is 2.22. The molecule has 5 heteroatoms. The Balaban J connectivity index is 1.74. The second-order valence-electron chi connectivity index (χ2n) is 4.48. The molecule has 0 aromatic heterocycles. The molecular formula is C16H15F3O2. The van der Waals surface area contributed by atoms with Crippen LogP contribution in [0.1, 0.15) is 11.1 Å². The van der Waals surface area contributed by atoms with E-state index in [1.54, 1.807) is 12.1 Å². The Hall–Kier alpha value is -2.01. The number of halogens is 3. The molecule has 0 atom stereocenters. The van der Waals surface area contributed by atoms with Gasteiger partial charge in [-0.05, 0) is 29.7 Å². The first-order chi connectivity index (χ1) is 10.0. The van der Waals surface area contributed by atoms with Crippen LogP contribution in [0.2, 0.25) is 0 Å². The molecule has 0 spiro atoms. The van der Waals surface area contributed by atoms with Gasteiger partial charge in [-0.1, -0.05) is 42.5 Å². The summed E-state index contributed by atoms with van der Waals surface area (Å²) in [4.78, 5) is 0. The Morgan fingerprint density at radius 3 is 2.10 bits per heavy atom. The van der Waals surface area contributed by atoms with E-state index in [1.165, 1.54) is 12.1 Å². The van der Waals surface area contributed by atoms with Crippen molar-refractivity contribution in [2.24, 2.45) is 0 Å². The van der Waals surface area contributed by atoms with Gasteiger partial charge in [0.2, 0.25) is 0 Å². The molecule has 0 bridgehead atoms. The van der Waals surface area contributed by atoms with E-state index in [0.29, 0.717) is 19.6 Å². The second kappa shape index (κ2) is 7.13. The van der Waals surface area contributed by atoms with Gasteiger partial charge >= 0.3 is 6.36 Å². The Labute approximate surface area is 121 Å². The second-order valence-corrected chi connectivity index (χ2v) is 4.48. The Kier molecular flexibility index (Phi) is 5.22. The highest BCUT2D eigenvalue weighted by molar-refractivity contribution is 5.27. The molecule has 0 aliphatic rings. The smallest absolute Gasteiger partial charge is 0.406 e. The largest absolute Gasteiger partial charge is 0.573 e. The molecule has 0 aliphatic heterocycles. The first kappa shape index (κ1) is 15.4. The van der Waals surface area contributed by atoms with E-state index in [0.717, 1.165) is 11.1 Å². The molecule has 0 fully saturated rings. The standard InChI is InChI=1S/C16H15F3O2/c17-16(18,19)21-15-8-6-13(7-9-15)10-11-20-12-14-4-2-1-3-5-14/h1-9H,10-12H2. The first-order valence-electron chi connectivity index (χ1n) is 6.49. The Morgan fingerprint density at radius 1 is 0.810 bits per heavy atom. The van der Waals surface area contributed by atoms with Gasteiger partial charge in [-0.2, -0.15) is 0 Å².